The van der Waals surface area contributed by atoms with Gasteiger partial charge in [-0.15, -0.1) is 0 Å². The zero-order valence-electron chi connectivity index (χ0n) is 19.6. The van der Waals surface area contributed by atoms with Crippen molar-refractivity contribution in [2.45, 2.75) is 19.2 Å². The Balaban J connectivity index is 1.28. The standard InChI is InChI=1S/C27H18ClF4N3O3/c28-23-5-3-20(13-22(23)27(30,31)32)38-25-6-1-16(11-18(25)14-33)15-37-35-10-8-24-21-4-2-19(29)12-17(21)7-9-34(24)26(35)36/h1-6,8,11-13H,7,9-10,15H2. The lowest BCUT2D eigenvalue weighted by atomic mass is 9.95. The largest absolute Gasteiger partial charge is 0.456 e. The highest BCUT2D eigenvalue weighted by atomic mass is 35.5. The van der Waals surface area contributed by atoms with E-state index in [9.17, 15) is 27.6 Å². The number of carbonyl (C=O) groups excluding carboxylic acids is 1. The van der Waals surface area contributed by atoms with E-state index in [1.54, 1.807) is 17.0 Å². The molecule has 0 radical (unpaired) electrons. The number of fused-ring (bicyclic) bond motifs is 3. The highest BCUT2D eigenvalue weighted by molar-refractivity contribution is 6.31. The van der Waals surface area contributed by atoms with E-state index in [0.29, 0.717) is 24.2 Å². The van der Waals surface area contributed by atoms with Crippen molar-refractivity contribution in [3.05, 3.63) is 99.3 Å². The molecule has 3 aromatic carbocycles. The molecule has 3 aromatic rings. The van der Waals surface area contributed by atoms with Crippen LogP contribution in [-0.2, 0) is 24.0 Å². The topological polar surface area (TPSA) is 65.8 Å². The zero-order chi connectivity index (χ0) is 27.0. The summed E-state index contributed by atoms with van der Waals surface area (Å²) in [6.07, 6.45) is -2.32. The first kappa shape index (κ1) is 25.6. The maximum absolute atomic E-state index is 13.6. The summed E-state index contributed by atoms with van der Waals surface area (Å²) >= 11 is 5.65. The average molecular weight is 544 g/mol. The molecule has 0 spiro atoms. The number of carbonyl (C=O) groups is 1. The van der Waals surface area contributed by atoms with Gasteiger partial charge in [-0.25, -0.2) is 9.18 Å². The van der Waals surface area contributed by atoms with E-state index in [4.69, 9.17) is 21.2 Å². The molecule has 0 unspecified atom stereocenters. The van der Waals surface area contributed by atoms with Gasteiger partial charge in [0.1, 0.15) is 30.0 Å². The smallest absolute Gasteiger partial charge is 0.417 e. The second-order valence-electron chi connectivity index (χ2n) is 8.59. The van der Waals surface area contributed by atoms with Crippen LogP contribution in [0.25, 0.3) is 5.70 Å². The molecule has 0 saturated carbocycles. The van der Waals surface area contributed by atoms with Gasteiger partial charge in [-0.1, -0.05) is 17.7 Å². The molecule has 2 amide bonds. The van der Waals surface area contributed by atoms with Crippen molar-refractivity contribution >= 4 is 23.3 Å². The van der Waals surface area contributed by atoms with Gasteiger partial charge in [0, 0.05) is 12.1 Å². The van der Waals surface area contributed by atoms with Gasteiger partial charge in [-0.3, -0.25) is 9.74 Å². The van der Waals surface area contributed by atoms with Crippen LogP contribution in [0.1, 0.15) is 27.8 Å². The van der Waals surface area contributed by atoms with E-state index in [1.165, 1.54) is 35.4 Å². The number of nitriles is 1. The van der Waals surface area contributed by atoms with E-state index in [2.05, 4.69) is 0 Å². The molecule has 0 saturated heterocycles. The highest BCUT2D eigenvalue weighted by Crippen LogP contribution is 2.38. The SMILES string of the molecule is N#Cc1cc(CON2CC=C3c4ccc(F)cc4CCN3C2=O)ccc1Oc1ccc(Cl)c(C(F)(F)F)c1. The van der Waals surface area contributed by atoms with Crippen LogP contribution in [0.15, 0.2) is 60.7 Å². The number of amides is 2. The van der Waals surface area contributed by atoms with E-state index in [0.717, 1.165) is 23.3 Å². The Kier molecular flexibility index (Phi) is 6.73. The lowest BCUT2D eigenvalue weighted by Crippen LogP contribution is -2.47. The van der Waals surface area contributed by atoms with Gasteiger partial charge in [0.05, 0.1) is 28.4 Å². The quantitative estimate of drug-likeness (QED) is 0.327. The maximum atomic E-state index is 13.6. The predicted octanol–water partition coefficient (Wildman–Crippen LogP) is 6.93. The Morgan fingerprint density at radius 3 is 2.66 bits per heavy atom. The minimum Gasteiger partial charge on any atom is -0.456 e. The Hall–Kier alpha value is -4.07. The number of nitrogens with zero attached hydrogens (tertiary/aromatic N) is 3. The third-order valence-corrected chi connectivity index (χ3v) is 6.49. The van der Waals surface area contributed by atoms with Crippen LogP contribution in [-0.4, -0.2) is 29.1 Å². The minimum absolute atomic E-state index is 0.0430. The fourth-order valence-electron chi connectivity index (χ4n) is 4.33. The van der Waals surface area contributed by atoms with Crippen LogP contribution in [0.2, 0.25) is 5.02 Å². The van der Waals surface area contributed by atoms with Gasteiger partial charge in [0.25, 0.3) is 0 Å². The summed E-state index contributed by atoms with van der Waals surface area (Å²) in [5.41, 5.74) is 1.93. The summed E-state index contributed by atoms with van der Waals surface area (Å²) < 4.78 is 58.6. The Morgan fingerprint density at radius 1 is 1.08 bits per heavy atom. The molecule has 0 fully saturated rings. The zero-order valence-corrected chi connectivity index (χ0v) is 20.3. The van der Waals surface area contributed by atoms with Gasteiger partial charge < -0.3 is 4.74 Å². The molecule has 2 heterocycles. The fraction of sp³-hybridized carbons (Fsp3) is 0.185. The van der Waals surface area contributed by atoms with E-state index >= 15 is 0 Å². The van der Waals surface area contributed by atoms with Crippen molar-refractivity contribution in [2.24, 2.45) is 0 Å². The molecule has 5 rings (SSSR count). The number of halogens is 5. The van der Waals surface area contributed by atoms with Gasteiger partial charge >= 0.3 is 12.2 Å². The molecule has 11 heteroatoms. The average Bonchev–Trinajstić information content (AvgIpc) is 2.89. The number of benzene rings is 3. The van der Waals surface area contributed by atoms with Crippen molar-refractivity contribution in [1.29, 1.82) is 5.26 Å². The molecule has 0 N–H and O–H groups in total. The lowest BCUT2D eigenvalue weighted by Gasteiger charge is -2.38. The number of rotatable bonds is 5. The first-order valence-electron chi connectivity index (χ1n) is 11.4. The number of hydrogen-bond donors (Lipinski definition) is 0. The molecule has 0 aromatic heterocycles. The number of urea groups is 1. The number of hydroxylamine groups is 2. The van der Waals surface area contributed by atoms with Gasteiger partial charge in [0.15, 0.2) is 0 Å². The maximum Gasteiger partial charge on any atom is 0.417 e. The van der Waals surface area contributed by atoms with Crippen LogP contribution in [0, 0.1) is 17.1 Å². The minimum atomic E-state index is -4.66. The summed E-state index contributed by atoms with van der Waals surface area (Å²) in [6.45, 7) is 0.511. The van der Waals surface area contributed by atoms with E-state index in [1.807, 2.05) is 12.1 Å². The Bertz CT molecular complexity index is 1500. The van der Waals surface area contributed by atoms with Crippen LogP contribution in [0.3, 0.4) is 0 Å². The molecule has 0 aliphatic carbocycles. The molecule has 0 atom stereocenters. The lowest BCUT2D eigenvalue weighted by molar-refractivity contribution is -0.137. The van der Waals surface area contributed by atoms with Crippen LogP contribution in [0.5, 0.6) is 11.5 Å². The van der Waals surface area contributed by atoms with Crippen molar-refractivity contribution < 1.29 is 31.9 Å². The first-order valence-corrected chi connectivity index (χ1v) is 11.8. The molecule has 194 valence electrons. The van der Waals surface area contributed by atoms with Crippen LogP contribution < -0.4 is 4.74 Å². The summed E-state index contributed by atoms with van der Waals surface area (Å²) in [4.78, 5) is 20.3. The summed E-state index contributed by atoms with van der Waals surface area (Å²) in [6, 6.07) is 13.7. The molecule has 38 heavy (non-hydrogen) atoms. The van der Waals surface area contributed by atoms with Crippen LogP contribution in [0.4, 0.5) is 22.4 Å². The molecular weight excluding hydrogens is 526 g/mol. The van der Waals surface area contributed by atoms with Crippen molar-refractivity contribution in [1.82, 2.24) is 9.96 Å². The third kappa shape index (κ3) is 5.03. The second-order valence-corrected chi connectivity index (χ2v) is 9.00. The van der Waals surface area contributed by atoms with Crippen molar-refractivity contribution in [3.63, 3.8) is 0 Å². The van der Waals surface area contributed by atoms with Gasteiger partial charge in [0.2, 0.25) is 0 Å². The number of ether oxygens (including phenoxy) is 1. The summed E-state index contributed by atoms with van der Waals surface area (Å²) in [5.74, 6) is -0.399. The summed E-state index contributed by atoms with van der Waals surface area (Å²) in [5, 5.41) is 10.3. The fourth-order valence-corrected chi connectivity index (χ4v) is 4.56. The van der Waals surface area contributed by atoms with Gasteiger partial charge in [-0.05, 0) is 72.2 Å². The molecular formula is C27H18ClF4N3O3. The molecule has 2 aliphatic rings. The first-order chi connectivity index (χ1) is 18.1. The number of alkyl halides is 3. The molecule has 2 aliphatic heterocycles. The van der Waals surface area contributed by atoms with E-state index < -0.39 is 16.8 Å². The predicted molar refractivity (Wildman–Crippen MR) is 129 cm³/mol. The number of hydrogen-bond acceptors (Lipinski definition) is 4. The monoisotopic (exact) mass is 543 g/mol. The normalized spacial score (nSPS) is 14.9. The highest BCUT2D eigenvalue weighted by Gasteiger charge is 2.34. The van der Waals surface area contributed by atoms with E-state index in [-0.39, 0.29) is 42.1 Å². The third-order valence-electron chi connectivity index (χ3n) is 6.16. The Labute approximate surface area is 219 Å². The van der Waals surface area contributed by atoms with Crippen LogP contribution >= 0.6 is 11.6 Å². The Morgan fingerprint density at radius 2 is 1.89 bits per heavy atom. The molecule has 6 nitrogen and oxygen atoms in total. The molecule has 0 bridgehead atoms. The van der Waals surface area contributed by atoms with Gasteiger partial charge in [-0.2, -0.15) is 23.5 Å². The summed E-state index contributed by atoms with van der Waals surface area (Å²) in [7, 11) is 0. The second kappa shape index (κ2) is 10.0. The van der Waals surface area contributed by atoms with Crippen molar-refractivity contribution in [2.75, 3.05) is 13.1 Å². The van der Waals surface area contributed by atoms with Crippen molar-refractivity contribution in [3.8, 4) is 17.6 Å².